The molecule has 0 aliphatic heterocycles. The number of esters is 2. The van der Waals surface area contributed by atoms with Crippen molar-refractivity contribution in [3.05, 3.63) is 54.0 Å². The fourth-order valence-corrected chi connectivity index (χ4v) is 4.61. The highest BCUT2D eigenvalue weighted by Crippen LogP contribution is 2.52. The third-order valence-electron chi connectivity index (χ3n) is 3.63. The van der Waals surface area contributed by atoms with Crippen LogP contribution >= 0.6 is 23.5 Å². The maximum absolute atomic E-state index is 13.5. The van der Waals surface area contributed by atoms with E-state index in [0.29, 0.717) is 15.2 Å². The number of hydrogen-bond acceptors (Lipinski definition) is 7. The second-order valence-corrected chi connectivity index (χ2v) is 8.41. The third kappa shape index (κ3) is 5.22. The normalized spacial score (nSPS) is 11.1. The van der Waals surface area contributed by atoms with Gasteiger partial charge in [-0.25, -0.2) is 9.59 Å². The van der Waals surface area contributed by atoms with Crippen LogP contribution in [0.1, 0.15) is 13.8 Å². The highest BCUT2D eigenvalue weighted by atomic mass is 79.9. The molecule has 0 spiro atoms. The molecule has 2 aromatic rings. The molecule has 29 heavy (non-hydrogen) atoms. The second-order valence-electron chi connectivity index (χ2n) is 5.50. The summed E-state index contributed by atoms with van der Waals surface area (Å²) in [5.74, 6) is -1.41. The summed E-state index contributed by atoms with van der Waals surface area (Å²) in [6.45, 7) is 10.2. The predicted molar refractivity (Wildman–Crippen MR) is 114 cm³/mol. The van der Waals surface area contributed by atoms with Gasteiger partial charge in [-0.3, -0.25) is 4.57 Å². The lowest BCUT2D eigenvalue weighted by Crippen LogP contribution is -2.18. The zero-order chi connectivity index (χ0) is 21.6. The number of benzene rings is 2. The molecule has 0 fully saturated rings. The van der Waals surface area contributed by atoms with Crippen LogP contribution in [0.5, 0.6) is 11.5 Å². The van der Waals surface area contributed by atoms with Crippen molar-refractivity contribution in [1.82, 2.24) is 0 Å². The quantitative estimate of drug-likeness (QED) is 0.222. The van der Waals surface area contributed by atoms with Gasteiger partial charge in [-0.05, 0) is 32.0 Å². The Morgan fingerprint density at radius 3 is 2.14 bits per heavy atom. The highest BCUT2D eigenvalue weighted by molar-refractivity contribution is 9.10. The molecule has 0 aliphatic rings. The lowest BCUT2D eigenvalue weighted by molar-refractivity contribution is -0.129. The van der Waals surface area contributed by atoms with Gasteiger partial charge >= 0.3 is 19.5 Å². The average Bonchev–Trinajstić information content (AvgIpc) is 2.69. The Bertz CT molecular complexity index is 1010. The number of hydrogen-bond donors (Lipinski definition) is 0. The van der Waals surface area contributed by atoms with Crippen molar-refractivity contribution in [3.63, 3.8) is 0 Å². The lowest BCUT2D eigenvalue weighted by atomic mass is 10.1. The number of carbonyl (C=O) groups is 2. The fraction of sp³-hybridized carbons (Fsp3) is 0.200. The first-order valence-corrected chi connectivity index (χ1v) is 11.0. The molecule has 9 heteroatoms. The molecule has 0 heterocycles. The van der Waals surface area contributed by atoms with Gasteiger partial charge in [0.25, 0.3) is 0 Å². The number of ether oxygens (including phenoxy) is 2. The summed E-state index contributed by atoms with van der Waals surface area (Å²) in [5.41, 5.74) is 0. The maximum Gasteiger partial charge on any atom is 0.365 e. The van der Waals surface area contributed by atoms with Crippen molar-refractivity contribution < 1.29 is 32.7 Å². The lowest BCUT2D eigenvalue weighted by Gasteiger charge is -2.22. The molecule has 2 aromatic carbocycles. The van der Waals surface area contributed by atoms with E-state index in [1.165, 1.54) is 6.07 Å². The zero-order valence-corrected chi connectivity index (χ0v) is 18.5. The highest BCUT2D eigenvalue weighted by Gasteiger charge is 2.34. The molecular formula is C20H20BrO7P. The Morgan fingerprint density at radius 2 is 1.59 bits per heavy atom. The van der Waals surface area contributed by atoms with E-state index in [2.05, 4.69) is 29.1 Å². The van der Waals surface area contributed by atoms with Gasteiger partial charge in [0.2, 0.25) is 0 Å². The molecule has 0 atom stereocenters. The van der Waals surface area contributed by atoms with E-state index in [4.69, 9.17) is 18.5 Å². The topological polar surface area (TPSA) is 88.1 Å². The van der Waals surface area contributed by atoms with E-state index >= 15 is 0 Å². The molecule has 154 valence electrons. The summed E-state index contributed by atoms with van der Waals surface area (Å²) in [4.78, 5) is 23.8. The van der Waals surface area contributed by atoms with Crippen molar-refractivity contribution in [2.45, 2.75) is 13.8 Å². The summed E-state index contributed by atoms with van der Waals surface area (Å²) < 4.78 is 35.8. The summed E-state index contributed by atoms with van der Waals surface area (Å²) in [7, 11) is -3.91. The molecule has 0 saturated carbocycles. The molecule has 2 rings (SSSR count). The zero-order valence-electron chi connectivity index (χ0n) is 16.0. The van der Waals surface area contributed by atoms with Crippen molar-refractivity contribution >= 4 is 51.5 Å². The minimum atomic E-state index is -3.91. The second kappa shape index (κ2) is 9.98. The fourth-order valence-electron chi connectivity index (χ4n) is 2.53. The van der Waals surface area contributed by atoms with Gasteiger partial charge in [-0.1, -0.05) is 29.1 Å². The van der Waals surface area contributed by atoms with E-state index in [0.717, 1.165) is 12.2 Å². The molecule has 0 bridgehead atoms. The van der Waals surface area contributed by atoms with Crippen LogP contribution in [0.15, 0.2) is 54.0 Å². The Morgan fingerprint density at radius 1 is 1.00 bits per heavy atom. The number of carbonyl (C=O) groups excluding carboxylic acids is 2. The third-order valence-corrected chi connectivity index (χ3v) is 6.24. The first kappa shape index (κ1) is 23.0. The predicted octanol–water partition coefficient (Wildman–Crippen LogP) is 4.68. The minimum absolute atomic E-state index is 0.0268. The molecule has 0 saturated heterocycles. The molecule has 0 amide bonds. The number of halogens is 1. The van der Waals surface area contributed by atoms with Crippen LogP contribution in [0, 0.1) is 0 Å². The Kier molecular flexibility index (Phi) is 7.93. The van der Waals surface area contributed by atoms with Gasteiger partial charge in [0, 0.05) is 33.5 Å². The summed E-state index contributed by atoms with van der Waals surface area (Å²) >= 11 is 3.36. The van der Waals surface area contributed by atoms with Crippen LogP contribution in [0.25, 0.3) is 10.8 Å². The van der Waals surface area contributed by atoms with Crippen molar-refractivity contribution in [2.75, 3.05) is 13.2 Å². The van der Waals surface area contributed by atoms with E-state index in [9.17, 15) is 14.2 Å². The van der Waals surface area contributed by atoms with E-state index in [1.54, 1.807) is 32.0 Å². The van der Waals surface area contributed by atoms with Gasteiger partial charge in [-0.15, -0.1) is 0 Å². The molecular weight excluding hydrogens is 463 g/mol. The first-order valence-electron chi connectivity index (χ1n) is 8.64. The molecule has 7 nitrogen and oxygen atoms in total. The summed E-state index contributed by atoms with van der Waals surface area (Å²) in [5, 5.41) is 0.759. The monoisotopic (exact) mass is 482 g/mol. The minimum Gasteiger partial charge on any atom is -0.423 e. The Balaban J connectivity index is 2.92. The van der Waals surface area contributed by atoms with Crippen LogP contribution in [-0.4, -0.2) is 25.2 Å². The van der Waals surface area contributed by atoms with Crippen LogP contribution in [0.4, 0.5) is 0 Å². The standard InChI is InChI=1S/C20H20BrO7P/c1-5-18(22)27-16-12-17(29(24,25-7-3)26-8-4)20(28-19(23)6-2)14-10-9-13(21)11-15(14)16/h5-6,9-12H,1-2,7-8H2,3-4H3. The van der Waals surface area contributed by atoms with E-state index in [-0.39, 0.29) is 30.0 Å². The van der Waals surface area contributed by atoms with Gasteiger partial charge in [0.1, 0.15) is 11.1 Å². The van der Waals surface area contributed by atoms with Crippen molar-refractivity contribution in [2.24, 2.45) is 0 Å². The van der Waals surface area contributed by atoms with Gasteiger partial charge in [0.15, 0.2) is 5.75 Å². The summed E-state index contributed by atoms with van der Waals surface area (Å²) in [6, 6.07) is 6.31. The molecule has 0 aromatic heterocycles. The van der Waals surface area contributed by atoms with Crippen molar-refractivity contribution in [1.29, 1.82) is 0 Å². The SMILES string of the molecule is C=CC(=O)Oc1cc(P(=O)(OCC)OCC)c(OC(=O)C=C)c2ccc(Br)cc12. The first-order chi connectivity index (χ1) is 13.8. The Labute approximate surface area is 176 Å². The number of fused-ring (bicyclic) bond motifs is 1. The van der Waals surface area contributed by atoms with Crippen molar-refractivity contribution in [3.8, 4) is 11.5 Å². The largest absolute Gasteiger partial charge is 0.423 e. The molecule has 0 unspecified atom stereocenters. The molecule has 0 aliphatic carbocycles. The van der Waals surface area contributed by atoms with E-state index in [1.807, 2.05) is 0 Å². The van der Waals surface area contributed by atoms with Crippen LogP contribution < -0.4 is 14.8 Å². The van der Waals surface area contributed by atoms with Gasteiger partial charge in [-0.2, -0.15) is 0 Å². The van der Waals surface area contributed by atoms with Gasteiger partial charge < -0.3 is 18.5 Å². The molecule has 0 N–H and O–H groups in total. The van der Waals surface area contributed by atoms with Gasteiger partial charge in [0.05, 0.1) is 13.2 Å². The van der Waals surface area contributed by atoms with Crippen LogP contribution in [0.3, 0.4) is 0 Å². The van der Waals surface area contributed by atoms with E-state index < -0.39 is 19.5 Å². The number of rotatable bonds is 9. The Hall–Kier alpha value is -2.25. The smallest absolute Gasteiger partial charge is 0.365 e. The average molecular weight is 483 g/mol. The summed E-state index contributed by atoms with van der Waals surface area (Å²) in [6.07, 6.45) is 1.98. The molecule has 0 radical (unpaired) electrons. The maximum atomic E-state index is 13.5. The van der Waals surface area contributed by atoms with Crippen LogP contribution in [0.2, 0.25) is 0 Å². The van der Waals surface area contributed by atoms with Crippen LogP contribution in [-0.2, 0) is 23.2 Å².